The van der Waals surface area contributed by atoms with Gasteiger partial charge in [0.2, 0.25) is 0 Å². The van der Waals surface area contributed by atoms with E-state index in [9.17, 15) is 14.7 Å². The molecule has 220 valence electrons. The molecule has 0 spiro atoms. The van der Waals surface area contributed by atoms with Crippen LogP contribution in [0.3, 0.4) is 0 Å². The predicted octanol–water partition coefficient (Wildman–Crippen LogP) is 5.97. The van der Waals surface area contributed by atoms with Gasteiger partial charge in [-0.25, -0.2) is 4.98 Å². The average Bonchev–Trinajstić information content (AvgIpc) is 3.41. The molecule has 5 rings (SSSR count). The normalized spacial score (nSPS) is 13.6. The largest absolute Gasteiger partial charge is 0.387 e. The molecule has 1 amide bonds. The summed E-state index contributed by atoms with van der Waals surface area (Å²) in [6.07, 6.45) is 7.24. The topological polar surface area (TPSA) is 108 Å². The van der Waals surface area contributed by atoms with Crippen molar-refractivity contribution in [2.24, 2.45) is 13.0 Å². The van der Waals surface area contributed by atoms with E-state index in [0.29, 0.717) is 29.5 Å². The predicted molar refractivity (Wildman–Crippen MR) is 171 cm³/mol. The van der Waals surface area contributed by atoms with Crippen molar-refractivity contribution in [2.45, 2.75) is 52.6 Å². The van der Waals surface area contributed by atoms with Gasteiger partial charge in [-0.3, -0.25) is 9.59 Å². The summed E-state index contributed by atoms with van der Waals surface area (Å²) in [4.78, 5) is 32.7. The second-order valence-corrected chi connectivity index (χ2v) is 12.6. The van der Waals surface area contributed by atoms with E-state index in [4.69, 9.17) is 0 Å². The molecule has 1 aromatic carbocycles. The molecule has 0 saturated heterocycles. The second kappa shape index (κ2) is 13.0. The summed E-state index contributed by atoms with van der Waals surface area (Å²) in [5.41, 5.74) is 5.62. The van der Waals surface area contributed by atoms with Gasteiger partial charge >= 0.3 is 0 Å². The van der Waals surface area contributed by atoms with Crippen LogP contribution in [0.5, 0.6) is 0 Å². The van der Waals surface area contributed by atoms with E-state index >= 15 is 0 Å². The number of rotatable bonds is 10. The number of pyridine rings is 2. The minimum absolute atomic E-state index is 0.0900. The summed E-state index contributed by atoms with van der Waals surface area (Å²) in [6.45, 7) is 7.49. The SMILES string of the molecule is Cc1c(NC(=O)c2cc3c(s2)CCCC3)cccc1-c1cc(Nc2ccc(C(O)CNCC(C)C)cn2)c(=O)n(C)c1. The number of hydrogen-bond donors (Lipinski definition) is 4. The monoisotopic (exact) mass is 585 g/mol. The van der Waals surface area contributed by atoms with Gasteiger partial charge in [0.05, 0.1) is 11.0 Å². The highest BCUT2D eigenvalue weighted by molar-refractivity contribution is 7.14. The van der Waals surface area contributed by atoms with Crippen LogP contribution >= 0.6 is 11.3 Å². The van der Waals surface area contributed by atoms with E-state index in [2.05, 4.69) is 34.8 Å². The molecule has 3 aromatic heterocycles. The Kier molecular flexibility index (Phi) is 9.21. The first kappa shape index (κ1) is 29.7. The summed E-state index contributed by atoms with van der Waals surface area (Å²) in [5.74, 6) is 0.918. The van der Waals surface area contributed by atoms with Crippen LogP contribution in [0.15, 0.2) is 59.7 Å². The Morgan fingerprint density at radius 1 is 1.10 bits per heavy atom. The van der Waals surface area contributed by atoms with Crippen molar-refractivity contribution in [3.8, 4) is 11.1 Å². The number of amides is 1. The first-order valence-corrected chi connectivity index (χ1v) is 15.4. The van der Waals surface area contributed by atoms with Crippen molar-refractivity contribution in [2.75, 3.05) is 23.7 Å². The molecule has 0 fully saturated rings. The molecule has 1 atom stereocenters. The molecule has 3 heterocycles. The van der Waals surface area contributed by atoms with Crippen molar-refractivity contribution in [1.82, 2.24) is 14.9 Å². The van der Waals surface area contributed by atoms with Crippen LogP contribution in [0.25, 0.3) is 11.1 Å². The molecule has 1 aliphatic rings. The third kappa shape index (κ3) is 6.81. The van der Waals surface area contributed by atoms with Crippen LogP contribution in [0, 0.1) is 12.8 Å². The fourth-order valence-electron chi connectivity index (χ4n) is 5.26. The van der Waals surface area contributed by atoms with E-state index in [-0.39, 0.29) is 11.5 Å². The highest BCUT2D eigenvalue weighted by atomic mass is 32.1. The van der Waals surface area contributed by atoms with E-state index in [1.54, 1.807) is 36.8 Å². The Bertz CT molecular complexity index is 1600. The molecule has 8 nitrogen and oxygen atoms in total. The number of anilines is 3. The number of nitrogens with one attached hydrogen (secondary N) is 3. The van der Waals surface area contributed by atoms with Crippen molar-refractivity contribution < 1.29 is 9.90 Å². The number of carbonyl (C=O) groups excluding carboxylic acids is 1. The summed E-state index contributed by atoms with van der Waals surface area (Å²) in [7, 11) is 1.72. The lowest BCUT2D eigenvalue weighted by Gasteiger charge is -2.15. The van der Waals surface area contributed by atoms with Gasteiger partial charge in [-0.05, 0) is 86.0 Å². The zero-order chi connectivity index (χ0) is 29.8. The standard InChI is InChI=1S/C33H39N5O3S/c1-20(2)16-34-18-28(39)23-12-13-31(35-17-23)36-27-14-24(19-38(4)33(27)41)25-9-7-10-26(21(25)3)37-32(40)30-15-22-8-5-6-11-29(22)42-30/h7,9-10,12-15,17,19-20,28,34,39H,5-6,8,11,16,18H2,1-4H3,(H,35,36)(H,37,40). The number of nitrogens with zero attached hydrogens (tertiary/aromatic N) is 2. The molecular formula is C33H39N5O3S. The Balaban J connectivity index is 1.33. The van der Waals surface area contributed by atoms with Crippen LogP contribution < -0.4 is 21.5 Å². The minimum Gasteiger partial charge on any atom is -0.387 e. The van der Waals surface area contributed by atoms with E-state index in [1.807, 2.05) is 43.3 Å². The lowest BCUT2D eigenvalue weighted by Crippen LogP contribution is -2.25. The van der Waals surface area contributed by atoms with Crippen molar-refractivity contribution >= 4 is 34.4 Å². The molecule has 0 bridgehead atoms. The molecule has 1 aliphatic carbocycles. The summed E-state index contributed by atoms with van der Waals surface area (Å²) in [6, 6.07) is 13.2. The van der Waals surface area contributed by atoms with Crippen molar-refractivity contribution in [3.05, 3.63) is 91.7 Å². The van der Waals surface area contributed by atoms with E-state index < -0.39 is 6.10 Å². The maximum Gasteiger partial charge on any atom is 0.274 e. The van der Waals surface area contributed by atoms with Crippen molar-refractivity contribution in [1.29, 1.82) is 0 Å². The molecule has 4 aromatic rings. The molecule has 0 saturated carbocycles. The Labute approximate surface area is 250 Å². The lowest BCUT2D eigenvalue weighted by molar-refractivity contribution is 0.103. The first-order valence-electron chi connectivity index (χ1n) is 14.5. The van der Waals surface area contributed by atoms with Gasteiger partial charge in [-0.1, -0.05) is 32.0 Å². The van der Waals surface area contributed by atoms with Crippen LogP contribution in [0.2, 0.25) is 0 Å². The number of aliphatic hydroxyl groups excluding tert-OH is 1. The summed E-state index contributed by atoms with van der Waals surface area (Å²) < 4.78 is 1.54. The number of hydrogen-bond acceptors (Lipinski definition) is 7. The number of aliphatic hydroxyl groups is 1. The smallest absolute Gasteiger partial charge is 0.274 e. The van der Waals surface area contributed by atoms with Gasteiger partial charge in [-0.15, -0.1) is 11.3 Å². The highest BCUT2D eigenvalue weighted by Gasteiger charge is 2.19. The summed E-state index contributed by atoms with van der Waals surface area (Å²) >= 11 is 1.60. The molecule has 0 aliphatic heterocycles. The maximum absolute atomic E-state index is 13.2. The van der Waals surface area contributed by atoms with Gasteiger partial charge in [0, 0.05) is 47.7 Å². The highest BCUT2D eigenvalue weighted by Crippen LogP contribution is 2.32. The zero-order valence-electron chi connectivity index (χ0n) is 24.7. The number of aryl methyl sites for hydroxylation is 3. The van der Waals surface area contributed by atoms with Crippen LogP contribution in [-0.4, -0.2) is 33.7 Å². The Hall–Kier alpha value is -3.79. The molecule has 0 radical (unpaired) electrons. The van der Waals surface area contributed by atoms with Gasteiger partial charge in [-0.2, -0.15) is 0 Å². The fraction of sp³-hybridized carbons (Fsp3) is 0.364. The third-order valence-corrected chi connectivity index (χ3v) is 8.86. The fourth-order valence-corrected chi connectivity index (χ4v) is 6.41. The average molecular weight is 586 g/mol. The molecule has 9 heteroatoms. The molecule has 42 heavy (non-hydrogen) atoms. The van der Waals surface area contributed by atoms with Gasteiger partial charge in [0.25, 0.3) is 11.5 Å². The molecule has 1 unspecified atom stereocenters. The molecule has 4 N–H and O–H groups in total. The lowest BCUT2D eigenvalue weighted by atomic mass is 9.99. The van der Waals surface area contributed by atoms with Crippen LogP contribution in [0.1, 0.15) is 64.0 Å². The second-order valence-electron chi connectivity index (χ2n) is 11.4. The van der Waals surface area contributed by atoms with Gasteiger partial charge in [0.15, 0.2) is 0 Å². The van der Waals surface area contributed by atoms with Gasteiger partial charge in [0.1, 0.15) is 11.5 Å². The van der Waals surface area contributed by atoms with Crippen LogP contribution in [0.4, 0.5) is 17.2 Å². The number of thiophene rings is 1. The third-order valence-electron chi connectivity index (χ3n) is 7.62. The Morgan fingerprint density at radius 2 is 1.90 bits per heavy atom. The zero-order valence-corrected chi connectivity index (χ0v) is 25.5. The maximum atomic E-state index is 13.2. The van der Waals surface area contributed by atoms with Crippen molar-refractivity contribution in [3.63, 3.8) is 0 Å². The Morgan fingerprint density at radius 3 is 2.64 bits per heavy atom. The van der Waals surface area contributed by atoms with E-state index in [0.717, 1.165) is 46.6 Å². The number of carbonyl (C=O) groups is 1. The number of benzene rings is 1. The van der Waals surface area contributed by atoms with Gasteiger partial charge < -0.3 is 25.6 Å². The number of fused-ring (bicyclic) bond motifs is 1. The first-order chi connectivity index (χ1) is 20.2. The van der Waals surface area contributed by atoms with E-state index in [1.165, 1.54) is 27.8 Å². The summed E-state index contributed by atoms with van der Waals surface area (Å²) in [5, 5.41) is 20.0. The number of aromatic nitrogens is 2. The van der Waals surface area contributed by atoms with Crippen LogP contribution in [-0.2, 0) is 19.9 Å². The quantitative estimate of drug-likeness (QED) is 0.183. The minimum atomic E-state index is -0.664. The molecular weight excluding hydrogens is 546 g/mol.